The topological polar surface area (TPSA) is 59.1 Å². The van der Waals surface area contributed by atoms with Crippen molar-refractivity contribution in [1.82, 2.24) is 9.97 Å². The van der Waals surface area contributed by atoms with Crippen LogP contribution in [0.2, 0.25) is 0 Å². The number of halogens is 3. The van der Waals surface area contributed by atoms with Gasteiger partial charge in [-0.05, 0) is 12.3 Å². The number of nitrogens with one attached hydrogen (secondary N) is 2. The Morgan fingerprint density at radius 1 is 1.29 bits per heavy atom. The number of aromatic nitrogens is 2. The molecule has 0 amide bonds. The molecule has 0 atom stereocenters. The first-order valence-corrected chi connectivity index (χ1v) is 6.78. The molecule has 21 heavy (non-hydrogen) atoms. The van der Waals surface area contributed by atoms with Gasteiger partial charge < -0.3 is 15.4 Å². The number of nitrogens with zero attached hydrogens (tertiary/aromatic N) is 2. The molecule has 0 aliphatic heterocycles. The van der Waals surface area contributed by atoms with Crippen LogP contribution in [-0.4, -0.2) is 36.8 Å². The lowest BCUT2D eigenvalue weighted by Crippen LogP contribution is -2.14. The summed E-state index contributed by atoms with van der Waals surface area (Å²) in [4.78, 5) is 7.33. The van der Waals surface area contributed by atoms with Gasteiger partial charge in [-0.2, -0.15) is 18.2 Å². The maximum Gasteiger partial charge on any atom is 0.433 e. The minimum absolute atomic E-state index is 0.0663. The van der Waals surface area contributed by atoms with E-state index in [1.165, 1.54) is 7.05 Å². The van der Waals surface area contributed by atoms with Gasteiger partial charge in [-0.3, -0.25) is 0 Å². The number of ether oxygens (including phenoxy) is 1. The second-order valence-corrected chi connectivity index (χ2v) is 4.96. The molecule has 1 rings (SSSR count). The van der Waals surface area contributed by atoms with Crippen LogP contribution >= 0.6 is 0 Å². The van der Waals surface area contributed by atoms with Gasteiger partial charge in [0.1, 0.15) is 5.82 Å². The van der Waals surface area contributed by atoms with Crippen LogP contribution in [0.4, 0.5) is 24.9 Å². The molecule has 5 nitrogen and oxygen atoms in total. The van der Waals surface area contributed by atoms with E-state index >= 15 is 0 Å². The summed E-state index contributed by atoms with van der Waals surface area (Å²) in [5.74, 6) is 0.543. The van der Waals surface area contributed by atoms with E-state index in [4.69, 9.17) is 4.74 Å². The fourth-order valence-corrected chi connectivity index (χ4v) is 1.50. The van der Waals surface area contributed by atoms with E-state index in [9.17, 15) is 13.2 Å². The van der Waals surface area contributed by atoms with Crippen molar-refractivity contribution in [3.8, 4) is 0 Å². The van der Waals surface area contributed by atoms with Crippen molar-refractivity contribution < 1.29 is 17.9 Å². The fourth-order valence-electron chi connectivity index (χ4n) is 1.50. The van der Waals surface area contributed by atoms with Crippen LogP contribution in [0.15, 0.2) is 6.07 Å². The summed E-state index contributed by atoms with van der Waals surface area (Å²) >= 11 is 0. The average molecular weight is 306 g/mol. The van der Waals surface area contributed by atoms with Crippen molar-refractivity contribution in [3.05, 3.63) is 11.8 Å². The summed E-state index contributed by atoms with van der Waals surface area (Å²) in [5, 5.41) is 5.36. The van der Waals surface area contributed by atoms with Gasteiger partial charge in [0.05, 0.1) is 0 Å². The van der Waals surface area contributed by atoms with Gasteiger partial charge >= 0.3 is 6.18 Å². The number of hydrogen-bond donors (Lipinski definition) is 2. The zero-order chi connectivity index (χ0) is 15.9. The molecule has 0 aromatic carbocycles. The average Bonchev–Trinajstić information content (AvgIpc) is 2.41. The van der Waals surface area contributed by atoms with Crippen LogP contribution < -0.4 is 10.6 Å². The van der Waals surface area contributed by atoms with E-state index in [-0.39, 0.29) is 11.8 Å². The molecule has 0 bridgehead atoms. The standard InChI is InChI=1S/C13H21F3N4O/c1-9(2)8-21-6-4-5-18-11-7-10(13(14,15)16)19-12(17-3)20-11/h7,9H,4-6,8H2,1-3H3,(H2,17,18,19,20). The van der Waals surface area contributed by atoms with E-state index in [0.29, 0.717) is 32.1 Å². The van der Waals surface area contributed by atoms with Gasteiger partial charge in [-0.25, -0.2) is 4.98 Å². The maximum absolute atomic E-state index is 12.7. The van der Waals surface area contributed by atoms with Gasteiger partial charge in [-0.1, -0.05) is 13.8 Å². The third kappa shape index (κ3) is 6.61. The van der Waals surface area contributed by atoms with E-state index in [1.54, 1.807) is 0 Å². The fraction of sp³-hybridized carbons (Fsp3) is 0.692. The van der Waals surface area contributed by atoms with Gasteiger partial charge in [0.2, 0.25) is 5.95 Å². The third-order valence-electron chi connectivity index (χ3n) is 2.46. The van der Waals surface area contributed by atoms with Crippen molar-refractivity contribution in [1.29, 1.82) is 0 Å². The normalized spacial score (nSPS) is 11.8. The molecule has 0 spiro atoms. The van der Waals surface area contributed by atoms with Crippen LogP contribution in [0.5, 0.6) is 0 Å². The van der Waals surface area contributed by atoms with E-state index in [1.807, 2.05) is 0 Å². The second-order valence-electron chi connectivity index (χ2n) is 4.96. The van der Waals surface area contributed by atoms with Gasteiger partial charge in [0, 0.05) is 32.9 Å². The molecule has 0 unspecified atom stereocenters. The molecule has 0 fully saturated rings. The summed E-state index contributed by atoms with van der Waals surface area (Å²) in [6, 6.07) is 0.899. The van der Waals surface area contributed by atoms with Gasteiger partial charge in [0.15, 0.2) is 5.69 Å². The first-order chi connectivity index (χ1) is 9.82. The highest BCUT2D eigenvalue weighted by molar-refractivity contribution is 5.42. The summed E-state index contributed by atoms with van der Waals surface area (Å²) in [6.07, 6.45) is -3.81. The predicted octanol–water partition coefficient (Wildman–Crippen LogP) is 3.01. The zero-order valence-electron chi connectivity index (χ0n) is 12.4. The first kappa shape index (κ1) is 17.5. The number of alkyl halides is 3. The lowest BCUT2D eigenvalue weighted by Gasteiger charge is -2.12. The van der Waals surface area contributed by atoms with Crippen molar-refractivity contribution in [3.63, 3.8) is 0 Å². The number of anilines is 2. The van der Waals surface area contributed by atoms with E-state index in [2.05, 4.69) is 34.4 Å². The smallest absolute Gasteiger partial charge is 0.381 e. The third-order valence-corrected chi connectivity index (χ3v) is 2.46. The molecule has 0 aliphatic carbocycles. The Morgan fingerprint density at radius 2 is 2.00 bits per heavy atom. The molecular weight excluding hydrogens is 285 g/mol. The van der Waals surface area contributed by atoms with Gasteiger partial charge in [0.25, 0.3) is 0 Å². The first-order valence-electron chi connectivity index (χ1n) is 6.78. The Labute approximate surface area is 122 Å². The lowest BCUT2D eigenvalue weighted by molar-refractivity contribution is -0.141. The Kier molecular flexibility index (Phi) is 6.67. The highest BCUT2D eigenvalue weighted by Crippen LogP contribution is 2.29. The van der Waals surface area contributed by atoms with Crippen LogP contribution in [0, 0.1) is 5.92 Å². The summed E-state index contributed by atoms with van der Waals surface area (Å²) in [5.41, 5.74) is -0.972. The summed E-state index contributed by atoms with van der Waals surface area (Å²) in [7, 11) is 1.47. The Morgan fingerprint density at radius 3 is 2.57 bits per heavy atom. The van der Waals surface area contributed by atoms with Crippen molar-refractivity contribution >= 4 is 11.8 Å². The number of rotatable bonds is 8. The highest BCUT2D eigenvalue weighted by atomic mass is 19.4. The van der Waals surface area contributed by atoms with Crippen molar-refractivity contribution in [2.24, 2.45) is 5.92 Å². The van der Waals surface area contributed by atoms with E-state index < -0.39 is 11.9 Å². The zero-order valence-corrected chi connectivity index (χ0v) is 12.4. The highest BCUT2D eigenvalue weighted by Gasteiger charge is 2.33. The van der Waals surface area contributed by atoms with Crippen LogP contribution in [0.1, 0.15) is 26.0 Å². The van der Waals surface area contributed by atoms with E-state index in [0.717, 1.165) is 6.07 Å². The molecular formula is C13H21F3N4O. The minimum atomic E-state index is -4.49. The van der Waals surface area contributed by atoms with Crippen molar-refractivity contribution in [2.75, 3.05) is 37.4 Å². The minimum Gasteiger partial charge on any atom is -0.381 e. The molecule has 8 heteroatoms. The molecule has 0 saturated carbocycles. The Hall–Kier alpha value is -1.57. The second kappa shape index (κ2) is 8.02. The predicted molar refractivity (Wildman–Crippen MR) is 75.3 cm³/mol. The largest absolute Gasteiger partial charge is 0.433 e. The van der Waals surface area contributed by atoms with Crippen LogP contribution in [0.3, 0.4) is 0 Å². The van der Waals surface area contributed by atoms with Crippen LogP contribution in [-0.2, 0) is 10.9 Å². The molecule has 120 valence electrons. The summed E-state index contributed by atoms with van der Waals surface area (Å²) in [6.45, 7) is 5.82. The Bertz CT molecular complexity index is 438. The van der Waals surface area contributed by atoms with Crippen molar-refractivity contribution in [2.45, 2.75) is 26.4 Å². The maximum atomic E-state index is 12.7. The Balaban J connectivity index is 2.51. The molecule has 0 saturated heterocycles. The lowest BCUT2D eigenvalue weighted by atomic mass is 10.2. The number of hydrogen-bond acceptors (Lipinski definition) is 5. The quantitative estimate of drug-likeness (QED) is 0.723. The van der Waals surface area contributed by atoms with Gasteiger partial charge in [-0.15, -0.1) is 0 Å². The molecule has 1 heterocycles. The molecule has 0 radical (unpaired) electrons. The molecule has 0 aliphatic rings. The molecule has 1 aromatic heterocycles. The molecule has 1 aromatic rings. The monoisotopic (exact) mass is 306 g/mol. The SMILES string of the molecule is CNc1nc(NCCCOCC(C)C)cc(C(F)(F)F)n1. The molecule has 2 N–H and O–H groups in total. The summed E-state index contributed by atoms with van der Waals surface area (Å²) < 4.78 is 43.4. The van der Waals surface area contributed by atoms with Crippen LogP contribution in [0.25, 0.3) is 0 Å².